The van der Waals surface area contributed by atoms with Gasteiger partial charge in [-0.2, -0.15) is 0 Å². The van der Waals surface area contributed by atoms with Gasteiger partial charge >= 0.3 is 6.09 Å². The van der Waals surface area contributed by atoms with Gasteiger partial charge in [-0.15, -0.1) is 0 Å². The average Bonchev–Trinajstić information content (AvgIpc) is 3.15. The molecule has 0 spiro atoms. The monoisotopic (exact) mass is 379 g/mol. The molecule has 144 valence electrons. The second-order valence-corrected chi connectivity index (χ2v) is 6.74. The number of benzene rings is 2. The fourth-order valence-electron chi connectivity index (χ4n) is 3.50. The average molecular weight is 379 g/mol. The lowest BCUT2D eigenvalue weighted by molar-refractivity contribution is 0.0774. The van der Waals surface area contributed by atoms with Crippen LogP contribution in [-0.2, 0) is 11.3 Å². The van der Waals surface area contributed by atoms with Crippen LogP contribution in [0.4, 0.5) is 16.2 Å². The third kappa shape index (κ3) is 3.55. The van der Waals surface area contributed by atoms with Gasteiger partial charge in [0.1, 0.15) is 12.4 Å². The Hall–Kier alpha value is -3.35. The van der Waals surface area contributed by atoms with Crippen LogP contribution in [-0.4, -0.2) is 42.8 Å². The van der Waals surface area contributed by atoms with Gasteiger partial charge in [-0.25, -0.2) is 4.79 Å². The zero-order valence-electron chi connectivity index (χ0n) is 15.6. The number of carbonyl (C=O) groups excluding carboxylic acids is 2. The van der Waals surface area contributed by atoms with Gasteiger partial charge in [0.2, 0.25) is 0 Å². The number of rotatable bonds is 4. The maximum atomic E-state index is 12.9. The van der Waals surface area contributed by atoms with E-state index in [0.717, 1.165) is 24.9 Å². The third-order valence-electron chi connectivity index (χ3n) is 4.94. The Labute approximate surface area is 163 Å². The number of hydrogen-bond donors (Lipinski definition) is 1. The Morgan fingerprint density at radius 2 is 2.11 bits per heavy atom. The van der Waals surface area contributed by atoms with E-state index in [4.69, 9.17) is 9.47 Å². The zero-order valence-corrected chi connectivity index (χ0v) is 15.6. The topological polar surface area (TPSA) is 80.2 Å². The normalized spacial score (nSPS) is 17.5. The molecule has 28 heavy (non-hydrogen) atoms. The fourth-order valence-corrected chi connectivity index (χ4v) is 3.50. The molecular weight excluding hydrogens is 358 g/mol. The van der Waals surface area contributed by atoms with Crippen molar-refractivity contribution in [3.8, 4) is 5.75 Å². The minimum Gasteiger partial charge on any atom is -0.495 e. The van der Waals surface area contributed by atoms with Crippen molar-refractivity contribution in [2.24, 2.45) is 4.99 Å². The summed E-state index contributed by atoms with van der Waals surface area (Å²) in [7, 11) is 1.49. The lowest BCUT2D eigenvalue weighted by Crippen LogP contribution is -2.35. The summed E-state index contributed by atoms with van der Waals surface area (Å²) in [6.45, 7) is 0.885. The van der Waals surface area contributed by atoms with Crippen LogP contribution in [0, 0.1) is 0 Å². The minimum absolute atomic E-state index is 0.0261. The number of fused-ring (bicyclic) bond motifs is 2. The predicted molar refractivity (Wildman–Crippen MR) is 105 cm³/mol. The van der Waals surface area contributed by atoms with Crippen molar-refractivity contribution in [3.63, 3.8) is 0 Å². The number of ether oxygens (including phenoxy) is 2. The van der Waals surface area contributed by atoms with Crippen LogP contribution in [0.15, 0.2) is 47.5 Å². The highest BCUT2D eigenvalue weighted by atomic mass is 16.5. The number of methoxy groups -OCH3 is 1. The molecule has 0 unspecified atom stereocenters. The highest BCUT2D eigenvalue weighted by molar-refractivity contribution is 6.04. The molecule has 2 aromatic rings. The van der Waals surface area contributed by atoms with E-state index < -0.39 is 6.09 Å². The van der Waals surface area contributed by atoms with Gasteiger partial charge in [0.15, 0.2) is 0 Å². The van der Waals surface area contributed by atoms with Gasteiger partial charge in [0, 0.05) is 12.8 Å². The van der Waals surface area contributed by atoms with Crippen LogP contribution >= 0.6 is 0 Å². The molecule has 1 fully saturated rings. The van der Waals surface area contributed by atoms with Crippen molar-refractivity contribution in [1.82, 2.24) is 4.90 Å². The molecule has 0 saturated carbocycles. The SMILES string of the molecule is COc1cc2c(cc1NC(=O)OCc1ccccc1)N=C[C@@H]1CCCN1C2=O. The summed E-state index contributed by atoms with van der Waals surface area (Å²) in [6.07, 6.45) is 3.09. The van der Waals surface area contributed by atoms with Crippen molar-refractivity contribution in [2.75, 3.05) is 19.0 Å². The first-order chi connectivity index (χ1) is 13.7. The third-order valence-corrected chi connectivity index (χ3v) is 4.94. The maximum absolute atomic E-state index is 12.9. The highest BCUT2D eigenvalue weighted by Gasteiger charge is 2.32. The van der Waals surface area contributed by atoms with Crippen LogP contribution in [0.5, 0.6) is 5.75 Å². The summed E-state index contributed by atoms with van der Waals surface area (Å²) in [5.41, 5.74) is 2.29. The molecule has 2 heterocycles. The van der Waals surface area contributed by atoms with Crippen LogP contribution in [0.1, 0.15) is 28.8 Å². The van der Waals surface area contributed by atoms with Gasteiger partial charge in [-0.3, -0.25) is 15.1 Å². The number of anilines is 1. The van der Waals surface area contributed by atoms with E-state index in [1.807, 2.05) is 35.2 Å². The summed E-state index contributed by atoms with van der Waals surface area (Å²) in [4.78, 5) is 31.4. The number of carbonyl (C=O) groups is 2. The summed E-state index contributed by atoms with van der Waals surface area (Å²) in [5, 5.41) is 2.68. The smallest absolute Gasteiger partial charge is 0.412 e. The summed E-state index contributed by atoms with van der Waals surface area (Å²) >= 11 is 0. The van der Waals surface area contributed by atoms with E-state index in [0.29, 0.717) is 22.7 Å². The predicted octanol–water partition coefficient (Wildman–Crippen LogP) is 3.76. The molecule has 1 atom stereocenters. The van der Waals surface area contributed by atoms with Crippen LogP contribution in [0.3, 0.4) is 0 Å². The molecule has 2 aromatic carbocycles. The van der Waals surface area contributed by atoms with Gasteiger partial charge in [0.25, 0.3) is 5.91 Å². The van der Waals surface area contributed by atoms with Crippen LogP contribution in [0.25, 0.3) is 0 Å². The molecule has 1 N–H and O–H groups in total. The molecule has 7 nitrogen and oxygen atoms in total. The quantitative estimate of drug-likeness (QED) is 0.877. The number of hydrogen-bond acceptors (Lipinski definition) is 5. The largest absolute Gasteiger partial charge is 0.495 e. The molecule has 0 bridgehead atoms. The number of nitrogens with zero attached hydrogens (tertiary/aromatic N) is 2. The van der Waals surface area contributed by atoms with Crippen molar-refractivity contribution < 1.29 is 19.1 Å². The standard InChI is InChI=1S/C21H21N3O4/c1-27-19-10-16-17(22-12-15-8-5-9-24(15)20(16)25)11-18(19)23-21(26)28-13-14-6-3-2-4-7-14/h2-4,6-7,10-12,15H,5,8-9,13H2,1H3,(H,23,26)/t15-/m0/s1. The Morgan fingerprint density at radius 1 is 1.29 bits per heavy atom. The van der Waals surface area contributed by atoms with Crippen molar-refractivity contribution in [2.45, 2.75) is 25.5 Å². The number of nitrogens with one attached hydrogen (secondary N) is 1. The molecule has 7 heteroatoms. The van der Waals surface area contributed by atoms with E-state index in [-0.39, 0.29) is 18.6 Å². The Bertz CT molecular complexity index is 927. The number of aliphatic imine (C=N–C) groups is 1. The van der Waals surface area contributed by atoms with E-state index in [1.54, 1.807) is 18.3 Å². The first kappa shape index (κ1) is 18.0. The van der Waals surface area contributed by atoms with Crippen molar-refractivity contribution >= 4 is 29.6 Å². The lowest BCUT2D eigenvalue weighted by atomic mass is 10.1. The summed E-state index contributed by atoms with van der Waals surface area (Å²) in [5.74, 6) is 0.322. The molecule has 0 aromatic heterocycles. The van der Waals surface area contributed by atoms with Gasteiger partial charge in [-0.1, -0.05) is 30.3 Å². The highest BCUT2D eigenvalue weighted by Crippen LogP contribution is 2.36. The molecule has 2 aliphatic heterocycles. The molecule has 2 aliphatic rings. The van der Waals surface area contributed by atoms with Crippen LogP contribution in [0.2, 0.25) is 0 Å². The van der Waals surface area contributed by atoms with Crippen molar-refractivity contribution in [3.05, 3.63) is 53.6 Å². The molecular formula is C21H21N3O4. The van der Waals surface area contributed by atoms with Crippen molar-refractivity contribution in [1.29, 1.82) is 0 Å². The second-order valence-electron chi connectivity index (χ2n) is 6.74. The molecule has 0 aliphatic carbocycles. The fraction of sp³-hybridized carbons (Fsp3) is 0.286. The van der Waals surface area contributed by atoms with E-state index >= 15 is 0 Å². The first-order valence-electron chi connectivity index (χ1n) is 9.20. The number of amides is 2. The Balaban J connectivity index is 1.54. The van der Waals surface area contributed by atoms with Gasteiger partial charge < -0.3 is 14.4 Å². The Morgan fingerprint density at radius 3 is 2.89 bits per heavy atom. The molecule has 2 amide bonds. The van der Waals surface area contributed by atoms with Gasteiger partial charge in [-0.05, 0) is 30.5 Å². The van der Waals surface area contributed by atoms with E-state index in [2.05, 4.69) is 10.3 Å². The van der Waals surface area contributed by atoms with E-state index in [9.17, 15) is 9.59 Å². The maximum Gasteiger partial charge on any atom is 0.412 e. The van der Waals surface area contributed by atoms with Crippen LogP contribution < -0.4 is 10.1 Å². The van der Waals surface area contributed by atoms with Gasteiger partial charge in [0.05, 0.1) is 30.1 Å². The zero-order chi connectivity index (χ0) is 19.5. The summed E-state index contributed by atoms with van der Waals surface area (Å²) < 4.78 is 10.6. The molecule has 4 rings (SSSR count). The Kier molecular flexibility index (Phi) is 4.97. The first-order valence-corrected chi connectivity index (χ1v) is 9.20. The lowest BCUT2D eigenvalue weighted by Gasteiger charge is -2.20. The molecule has 1 saturated heterocycles. The molecule has 0 radical (unpaired) electrons. The second kappa shape index (κ2) is 7.72. The minimum atomic E-state index is -0.605. The van der Waals surface area contributed by atoms with E-state index in [1.165, 1.54) is 7.11 Å². The summed E-state index contributed by atoms with van der Waals surface area (Å²) in [6, 6.07) is 12.7.